The quantitative estimate of drug-likeness (QED) is 0.167. The minimum atomic E-state index is -4.91. The van der Waals surface area contributed by atoms with Gasteiger partial charge in [-0.1, -0.05) is 5.16 Å². The Balaban J connectivity index is 0.00000288. The zero-order valence-electron chi connectivity index (χ0n) is 12.9. The van der Waals surface area contributed by atoms with Gasteiger partial charge in [0.15, 0.2) is 21.1 Å². The molecule has 126 valence electrons. The second-order valence-electron chi connectivity index (χ2n) is 4.48. The van der Waals surface area contributed by atoms with E-state index in [1.165, 1.54) is 19.4 Å². The number of hydrogen-bond donors (Lipinski definition) is 2. The number of hydrogen-bond acceptors (Lipinski definition) is 10. The van der Waals surface area contributed by atoms with Crippen molar-refractivity contribution in [3.63, 3.8) is 0 Å². The number of aromatic nitrogens is 1. The molecule has 0 bridgehead atoms. The molecule has 3 N–H and O–H groups in total. The predicted octanol–water partition coefficient (Wildman–Crippen LogP) is -4.74. The molecule has 1 aromatic rings. The third-order valence-corrected chi connectivity index (χ3v) is 4.69. The number of nitrogens with one attached hydrogen (secondary N) is 1. The van der Waals surface area contributed by atoms with Crippen molar-refractivity contribution >= 4 is 44.3 Å². The summed E-state index contributed by atoms with van der Waals surface area (Å²) in [6, 6.07) is -2.16. The number of β-lactam (4-membered cyclic amide) rings is 1. The maximum Gasteiger partial charge on any atom is 1.00 e. The van der Waals surface area contributed by atoms with Gasteiger partial charge in [-0.3, -0.25) is 9.59 Å². The summed E-state index contributed by atoms with van der Waals surface area (Å²) in [5, 5.41) is 7.48. The number of thiazole rings is 1. The van der Waals surface area contributed by atoms with Crippen LogP contribution in [-0.2, 0) is 24.7 Å². The van der Waals surface area contributed by atoms with Crippen LogP contribution in [0.2, 0.25) is 0 Å². The van der Waals surface area contributed by atoms with E-state index in [2.05, 4.69) is 20.3 Å². The van der Waals surface area contributed by atoms with Crippen LogP contribution in [0.3, 0.4) is 0 Å². The van der Waals surface area contributed by atoms with Gasteiger partial charge in [0.05, 0.1) is 6.04 Å². The van der Waals surface area contributed by atoms with Crippen LogP contribution in [0.25, 0.3) is 0 Å². The number of carbonyl (C=O) groups is 2. The fourth-order valence-corrected chi connectivity index (χ4v) is 3.41. The van der Waals surface area contributed by atoms with Crippen molar-refractivity contribution in [2.45, 2.75) is 19.0 Å². The fourth-order valence-electron chi connectivity index (χ4n) is 2.00. The summed E-state index contributed by atoms with van der Waals surface area (Å²) in [5.74, 6) is -1.83. The third-order valence-electron chi connectivity index (χ3n) is 3.03. The first-order valence-corrected chi connectivity index (χ1v) is 8.33. The molecule has 2 amide bonds. The first kappa shape index (κ1) is 20.8. The van der Waals surface area contributed by atoms with Crippen molar-refractivity contribution < 1.29 is 57.0 Å². The minimum Gasteiger partial charge on any atom is -0.731 e. The average molecular weight is 385 g/mol. The van der Waals surface area contributed by atoms with Crippen LogP contribution < -0.4 is 40.6 Å². The number of carbonyl (C=O) groups excluding carboxylic acids is 2. The Morgan fingerprint density at radius 1 is 1.58 bits per heavy atom. The van der Waals surface area contributed by atoms with Gasteiger partial charge in [-0.25, -0.2) is 17.7 Å². The molecule has 2 atom stereocenters. The van der Waals surface area contributed by atoms with Gasteiger partial charge in [0, 0.05) is 5.38 Å². The molecule has 2 rings (SSSR count). The number of rotatable bonds is 5. The molecule has 0 aliphatic carbocycles. The van der Waals surface area contributed by atoms with Gasteiger partial charge in [-0.2, -0.15) is 0 Å². The molecule has 14 heteroatoms. The second kappa shape index (κ2) is 7.76. The maximum absolute atomic E-state index is 12.2. The van der Waals surface area contributed by atoms with E-state index in [1.54, 1.807) is 0 Å². The summed E-state index contributed by atoms with van der Waals surface area (Å²) in [4.78, 5) is 32.3. The molecule has 1 aromatic heterocycles. The van der Waals surface area contributed by atoms with E-state index in [0.717, 1.165) is 11.3 Å². The van der Waals surface area contributed by atoms with Crippen LogP contribution in [0, 0.1) is 0 Å². The van der Waals surface area contributed by atoms with Crippen molar-refractivity contribution in [1.29, 1.82) is 0 Å². The first-order valence-electron chi connectivity index (χ1n) is 6.09. The largest absolute Gasteiger partial charge is 1.00 e. The Bertz CT molecular complexity index is 778. The molecule has 2 unspecified atom stereocenters. The summed E-state index contributed by atoms with van der Waals surface area (Å²) < 4.78 is 32.8. The molecule has 1 saturated heterocycles. The van der Waals surface area contributed by atoms with Crippen molar-refractivity contribution in [1.82, 2.24) is 14.6 Å². The summed E-state index contributed by atoms with van der Waals surface area (Å²) in [6.07, 6.45) is 0. The molecule has 1 aliphatic heterocycles. The number of nitrogen functional groups attached to an aromatic ring is 1. The van der Waals surface area contributed by atoms with E-state index in [1.807, 2.05) is 0 Å². The summed E-state index contributed by atoms with van der Waals surface area (Å²) in [5.41, 5.74) is 5.39. The topological polar surface area (TPSA) is 167 Å². The monoisotopic (exact) mass is 385 g/mol. The number of nitrogens with two attached hydrogens (primary N) is 1. The van der Waals surface area contributed by atoms with Crippen LogP contribution in [0.4, 0.5) is 5.13 Å². The van der Waals surface area contributed by atoms with Crippen molar-refractivity contribution in [3.8, 4) is 0 Å². The van der Waals surface area contributed by atoms with Crippen LogP contribution in [0.15, 0.2) is 10.5 Å². The first-order chi connectivity index (χ1) is 10.7. The third kappa shape index (κ3) is 4.04. The minimum absolute atomic E-state index is 0. The normalized spacial score (nSPS) is 20.9. The number of anilines is 1. The van der Waals surface area contributed by atoms with Gasteiger partial charge in [0.2, 0.25) is 0 Å². The van der Waals surface area contributed by atoms with Gasteiger partial charge in [-0.05, 0) is 6.92 Å². The zero-order chi connectivity index (χ0) is 17.4. The van der Waals surface area contributed by atoms with Crippen molar-refractivity contribution in [2.24, 2.45) is 5.16 Å². The van der Waals surface area contributed by atoms with Crippen LogP contribution >= 0.6 is 11.3 Å². The van der Waals surface area contributed by atoms with E-state index in [0.29, 0.717) is 0 Å². The average Bonchev–Trinajstić information content (AvgIpc) is 2.86. The second-order valence-corrected chi connectivity index (χ2v) is 6.62. The number of amides is 2. The summed E-state index contributed by atoms with van der Waals surface area (Å²) in [7, 11) is -3.70. The van der Waals surface area contributed by atoms with E-state index < -0.39 is 34.2 Å². The Hall–Kier alpha value is -1.25. The molecule has 24 heavy (non-hydrogen) atoms. The van der Waals surface area contributed by atoms with E-state index >= 15 is 0 Å². The Morgan fingerprint density at radius 3 is 2.62 bits per heavy atom. The van der Waals surface area contributed by atoms with Gasteiger partial charge in [-0.15, -0.1) is 11.3 Å². The molecule has 1 fully saturated rings. The van der Waals surface area contributed by atoms with Crippen LogP contribution in [0.5, 0.6) is 0 Å². The molecular weight excluding hydrogens is 373 g/mol. The number of oxime groups is 1. The molecule has 11 nitrogen and oxygen atoms in total. The summed E-state index contributed by atoms with van der Waals surface area (Å²) >= 11 is 1.07. The Labute approximate surface area is 163 Å². The Kier molecular flexibility index (Phi) is 6.72. The predicted molar refractivity (Wildman–Crippen MR) is 78.0 cm³/mol. The molecule has 0 saturated carbocycles. The maximum atomic E-state index is 12.2. The molecule has 0 aromatic carbocycles. The van der Waals surface area contributed by atoms with Gasteiger partial charge >= 0.3 is 29.6 Å². The standard InChI is InChI=1S/C10H13N5O6S2.Na/c1-4-6(9(17)15(4)23(18,19)20)13-8(16)7(14-21-2)5-3-22-10(11)12-5;/h3-4,6H,1-2H3,(H2,11,12)(H,13,16)(H,18,19,20);/q;+1/p-1. The number of nitrogens with zero attached hydrogens (tertiary/aromatic N) is 3. The summed E-state index contributed by atoms with van der Waals surface area (Å²) in [6.45, 7) is 1.32. The van der Waals surface area contributed by atoms with Gasteiger partial charge in [0.1, 0.15) is 18.8 Å². The fraction of sp³-hybridized carbons (Fsp3) is 0.400. The zero-order valence-corrected chi connectivity index (χ0v) is 16.6. The molecule has 0 radical (unpaired) electrons. The van der Waals surface area contributed by atoms with Gasteiger partial charge < -0.3 is 20.4 Å². The van der Waals surface area contributed by atoms with Crippen LogP contribution in [0.1, 0.15) is 12.6 Å². The van der Waals surface area contributed by atoms with E-state index in [9.17, 15) is 22.6 Å². The van der Waals surface area contributed by atoms with E-state index in [4.69, 9.17) is 5.73 Å². The van der Waals surface area contributed by atoms with Crippen molar-refractivity contribution in [3.05, 3.63) is 11.1 Å². The molecular formula is C10H12N5NaO6S2. The molecule has 1 aliphatic rings. The van der Waals surface area contributed by atoms with Crippen molar-refractivity contribution in [2.75, 3.05) is 12.8 Å². The Morgan fingerprint density at radius 2 is 2.21 bits per heavy atom. The molecule has 0 spiro atoms. The molecule has 2 heterocycles. The van der Waals surface area contributed by atoms with Crippen LogP contribution in [-0.4, -0.2) is 59.0 Å². The van der Waals surface area contributed by atoms with E-state index in [-0.39, 0.29) is 50.4 Å². The smallest absolute Gasteiger partial charge is 0.731 e. The van der Waals surface area contributed by atoms with Gasteiger partial charge in [0.25, 0.3) is 11.8 Å². The SMILES string of the molecule is CON=C(C(=O)NC1C(=O)N(S(=O)(=O)[O-])C1C)c1csc(N)n1.[Na+].